The van der Waals surface area contributed by atoms with E-state index in [0.717, 1.165) is 25.5 Å². The van der Waals surface area contributed by atoms with Gasteiger partial charge in [0.1, 0.15) is 5.82 Å². The van der Waals surface area contributed by atoms with Gasteiger partial charge in [0.25, 0.3) is 0 Å². The summed E-state index contributed by atoms with van der Waals surface area (Å²) in [5.41, 5.74) is 1.36. The van der Waals surface area contributed by atoms with Crippen molar-refractivity contribution >= 4 is 0 Å². The molecule has 1 aromatic heterocycles. The molecule has 0 aliphatic rings. The number of nitrogens with zero attached hydrogens (tertiary/aromatic N) is 2. The first-order valence-corrected chi connectivity index (χ1v) is 7.58. The monoisotopic (exact) mass is 271 g/mol. The molecule has 2 rings (SSSR count). The van der Waals surface area contributed by atoms with Crippen LogP contribution in [0.2, 0.25) is 0 Å². The molecule has 2 aromatic rings. The smallest absolute Gasteiger partial charge is 0.105 e. The van der Waals surface area contributed by atoms with Crippen molar-refractivity contribution in [2.24, 2.45) is 0 Å². The van der Waals surface area contributed by atoms with Gasteiger partial charge in [-0.3, -0.25) is 0 Å². The standard InChI is InChI=1S/C17H25N3/c1-16-19-12-14-20(16)13-8-3-2-7-11-18-15-17-9-5-4-6-10-17/h4-6,9-10,12,14,18H,2-3,7-8,11,13,15H2,1H3. The molecule has 0 spiro atoms. The molecule has 0 atom stereocenters. The number of aryl methyl sites for hydroxylation is 2. The molecule has 0 radical (unpaired) electrons. The maximum atomic E-state index is 4.24. The second-order valence-corrected chi connectivity index (χ2v) is 5.24. The molecule has 1 heterocycles. The molecule has 1 aromatic carbocycles. The second kappa shape index (κ2) is 8.54. The van der Waals surface area contributed by atoms with Gasteiger partial charge in [0.15, 0.2) is 0 Å². The van der Waals surface area contributed by atoms with Crippen LogP contribution >= 0.6 is 0 Å². The lowest BCUT2D eigenvalue weighted by Crippen LogP contribution is -2.14. The molecule has 1 N–H and O–H groups in total. The zero-order valence-electron chi connectivity index (χ0n) is 12.4. The summed E-state index contributed by atoms with van der Waals surface area (Å²) in [5.74, 6) is 1.12. The molecule has 0 aliphatic heterocycles. The first-order valence-electron chi connectivity index (χ1n) is 7.58. The predicted octanol–water partition coefficient (Wildman–Crippen LogP) is 3.54. The predicted molar refractivity (Wildman–Crippen MR) is 83.6 cm³/mol. The van der Waals surface area contributed by atoms with Crippen LogP contribution in [0.4, 0.5) is 0 Å². The van der Waals surface area contributed by atoms with Gasteiger partial charge in [0, 0.05) is 25.5 Å². The van der Waals surface area contributed by atoms with Gasteiger partial charge in [0.2, 0.25) is 0 Å². The average Bonchev–Trinajstić information content (AvgIpc) is 2.88. The lowest BCUT2D eigenvalue weighted by molar-refractivity contribution is 0.545. The Morgan fingerprint density at radius 2 is 1.85 bits per heavy atom. The minimum Gasteiger partial charge on any atom is -0.335 e. The summed E-state index contributed by atoms with van der Waals surface area (Å²) in [7, 11) is 0. The number of unbranched alkanes of at least 4 members (excludes halogenated alkanes) is 3. The van der Waals surface area contributed by atoms with Gasteiger partial charge in [-0.1, -0.05) is 43.2 Å². The number of hydrogen-bond donors (Lipinski definition) is 1. The van der Waals surface area contributed by atoms with Crippen molar-refractivity contribution in [3.8, 4) is 0 Å². The van der Waals surface area contributed by atoms with Crippen molar-refractivity contribution in [1.29, 1.82) is 0 Å². The molecule has 0 aliphatic carbocycles. The Labute approximate surface area is 122 Å². The van der Waals surface area contributed by atoms with E-state index in [1.165, 1.54) is 31.2 Å². The van der Waals surface area contributed by atoms with Gasteiger partial charge in [-0.05, 0) is 31.9 Å². The van der Waals surface area contributed by atoms with Crippen molar-refractivity contribution in [3.05, 3.63) is 54.1 Å². The third-order valence-corrected chi connectivity index (χ3v) is 3.60. The summed E-state index contributed by atoms with van der Waals surface area (Å²) >= 11 is 0. The Kier molecular flexibility index (Phi) is 6.32. The van der Waals surface area contributed by atoms with Gasteiger partial charge < -0.3 is 9.88 Å². The summed E-state index contributed by atoms with van der Waals surface area (Å²) in [6.45, 7) is 5.25. The summed E-state index contributed by atoms with van der Waals surface area (Å²) < 4.78 is 2.23. The van der Waals surface area contributed by atoms with Crippen molar-refractivity contribution in [3.63, 3.8) is 0 Å². The van der Waals surface area contributed by atoms with E-state index in [2.05, 4.69) is 58.3 Å². The van der Waals surface area contributed by atoms with Crippen LogP contribution in [-0.2, 0) is 13.1 Å². The zero-order valence-corrected chi connectivity index (χ0v) is 12.4. The third-order valence-electron chi connectivity index (χ3n) is 3.60. The Hall–Kier alpha value is -1.61. The fraction of sp³-hybridized carbons (Fsp3) is 0.471. The van der Waals surface area contributed by atoms with Crippen molar-refractivity contribution in [2.75, 3.05) is 6.54 Å². The van der Waals surface area contributed by atoms with Gasteiger partial charge in [-0.25, -0.2) is 4.98 Å². The Bertz CT molecular complexity index is 476. The highest BCUT2D eigenvalue weighted by Crippen LogP contribution is 2.04. The zero-order chi connectivity index (χ0) is 14.0. The number of imidazole rings is 1. The Morgan fingerprint density at radius 1 is 1.05 bits per heavy atom. The lowest BCUT2D eigenvalue weighted by Gasteiger charge is -2.06. The van der Waals surface area contributed by atoms with Crippen LogP contribution in [0, 0.1) is 6.92 Å². The van der Waals surface area contributed by atoms with Crippen LogP contribution in [-0.4, -0.2) is 16.1 Å². The van der Waals surface area contributed by atoms with E-state index >= 15 is 0 Å². The van der Waals surface area contributed by atoms with Crippen LogP contribution in [0.15, 0.2) is 42.7 Å². The van der Waals surface area contributed by atoms with Crippen molar-refractivity contribution in [1.82, 2.24) is 14.9 Å². The second-order valence-electron chi connectivity index (χ2n) is 5.24. The SMILES string of the molecule is Cc1nccn1CCCCCCNCc1ccccc1. The highest BCUT2D eigenvalue weighted by Gasteiger charge is 1.96. The normalized spacial score (nSPS) is 10.8. The number of nitrogens with one attached hydrogen (secondary N) is 1. The highest BCUT2D eigenvalue weighted by atomic mass is 15.0. The van der Waals surface area contributed by atoms with Gasteiger partial charge in [-0.2, -0.15) is 0 Å². The molecule has 0 saturated heterocycles. The maximum absolute atomic E-state index is 4.24. The van der Waals surface area contributed by atoms with Crippen LogP contribution in [0.25, 0.3) is 0 Å². The van der Waals surface area contributed by atoms with E-state index in [-0.39, 0.29) is 0 Å². The molecular formula is C17H25N3. The molecule has 108 valence electrons. The Morgan fingerprint density at radius 3 is 2.60 bits per heavy atom. The number of hydrogen-bond acceptors (Lipinski definition) is 2. The first-order chi connectivity index (χ1) is 9.86. The van der Waals surface area contributed by atoms with Gasteiger partial charge in [-0.15, -0.1) is 0 Å². The average molecular weight is 271 g/mol. The number of benzene rings is 1. The van der Waals surface area contributed by atoms with E-state index in [1.807, 2.05) is 6.20 Å². The minimum atomic E-state index is 0.981. The van der Waals surface area contributed by atoms with Crippen LogP contribution in [0.5, 0.6) is 0 Å². The van der Waals surface area contributed by atoms with Gasteiger partial charge in [0.05, 0.1) is 0 Å². The van der Waals surface area contributed by atoms with E-state index in [9.17, 15) is 0 Å². The molecule has 0 saturated carbocycles. The van der Waals surface area contributed by atoms with Crippen LogP contribution < -0.4 is 5.32 Å². The van der Waals surface area contributed by atoms with E-state index in [0.29, 0.717) is 0 Å². The number of aromatic nitrogens is 2. The molecule has 0 bridgehead atoms. The molecular weight excluding hydrogens is 246 g/mol. The van der Waals surface area contributed by atoms with Gasteiger partial charge >= 0.3 is 0 Å². The molecule has 0 fully saturated rings. The molecule has 0 unspecified atom stereocenters. The maximum Gasteiger partial charge on any atom is 0.105 e. The summed E-state index contributed by atoms with van der Waals surface area (Å²) in [6.07, 6.45) is 9.05. The van der Waals surface area contributed by atoms with Crippen LogP contribution in [0.1, 0.15) is 37.1 Å². The van der Waals surface area contributed by atoms with E-state index < -0.39 is 0 Å². The lowest BCUT2D eigenvalue weighted by atomic mass is 10.2. The molecule has 0 amide bonds. The topological polar surface area (TPSA) is 29.9 Å². The first kappa shape index (κ1) is 14.8. The fourth-order valence-corrected chi connectivity index (χ4v) is 2.35. The quantitative estimate of drug-likeness (QED) is 0.707. The largest absolute Gasteiger partial charge is 0.335 e. The summed E-state index contributed by atoms with van der Waals surface area (Å²) in [5, 5.41) is 3.50. The van der Waals surface area contributed by atoms with E-state index in [4.69, 9.17) is 0 Å². The molecule has 3 nitrogen and oxygen atoms in total. The molecule has 20 heavy (non-hydrogen) atoms. The summed E-state index contributed by atoms with van der Waals surface area (Å²) in [6, 6.07) is 10.6. The summed E-state index contributed by atoms with van der Waals surface area (Å²) in [4.78, 5) is 4.24. The van der Waals surface area contributed by atoms with Crippen molar-refractivity contribution in [2.45, 2.75) is 45.7 Å². The molecule has 3 heteroatoms. The van der Waals surface area contributed by atoms with E-state index in [1.54, 1.807) is 0 Å². The highest BCUT2D eigenvalue weighted by molar-refractivity contribution is 5.14. The number of rotatable bonds is 9. The van der Waals surface area contributed by atoms with Crippen molar-refractivity contribution < 1.29 is 0 Å². The fourth-order valence-electron chi connectivity index (χ4n) is 2.35. The Balaban J connectivity index is 1.45. The van der Waals surface area contributed by atoms with Crippen LogP contribution in [0.3, 0.4) is 0 Å². The minimum absolute atomic E-state index is 0.981. The third kappa shape index (κ3) is 5.17.